The zero-order valence-electron chi connectivity index (χ0n) is 6.98. The molecule has 0 saturated heterocycles. The maximum Gasteiger partial charge on any atom is 0.341 e. The van der Waals surface area contributed by atoms with Crippen molar-refractivity contribution >= 4 is 47.6 Å². The maximum absolute atomic E-state index is 10.4. The quantitative estimate of drug-likeness (QED) is 0.488. The number of thiol groups is 1. The number of carbonyl (C=O) groups is 1. The molecular weight excluding hydrogens is 240 g/mol. The molecule has 1 aromatic heterocycles. The Bertz CT molecular complexity index is 393. The summed E-state index contributed by atoms with van der Waals surface area (Å²) in [5, 5.41) is 10.4. The van der Waals surface area contributed by atoms with E-state index in [9.17, 15) is 4.79 Å². The summed E-state index contributed by atoms with van der Waals surface area (Å²) in [6.45, 7) is 0. The van der Waals surface area contributed by atoms with Gasteiger partial charge in [0, 0.05) is 5.56 Å². The first-order valence-electron chi connectivity index (χ1n) is 3.65. The summed E-state index contributed by atoms with van der Waals surface area (Å²) in [5.74, 6) is -1.05. The molecule has 1 aromatic rings. The lowest BCUT2D eigenvalue weighted by molar-refractivity contribution is -0.131. The highest BCUT2D eigenvalue weighted by atomic mass is 35.5. The van der Waals surface area contributed by atoms with Gasteiger partial charge in [0.2, 0.25) is 0 Å². The smallest absolute Gasteiger partial charge is 0.341 e. The van der Waals surface area contributed by atoms with Gasteiger partial charge in [0.1, 0.15) is 4.34 Å². The molecule has 0 atom stereocenters. The molecule has 1 N–H and O–H groups in total. The van der Waals surface area contributed by atoms with Gasteiger partial charge in [-0.2, -0.15) is 0 Å². The minimum absolute atomic E-state index is 0.00685. The predicted octanol–water partition coefficient (Wildman–Crippen LogP) is 3.31. The van der Waals surface area contributed by atoms with Crippen LogP contribution in [0.1, 0.15) is 5.56 Å². The molecule has 0 bridgehead atoms. The number of hydrogen-bond acceptors (Lipinski definition) is 3. The summed E-state index contributed by atoms with van der Waals surface area (Å²) < 4.78 is 0.686. The lowest BCUT2D eigenvalue weighted by atomic mass is 10.3. The van der Waals surface area contributed by atoms with E-state index < -0.39 is 5.97 Å². The number of allylic oxidation sites excluding steroid dienone is 2. The number of aliphatic carboxylic acids is 1. The van der Waals surface area contributed by atoms with Gasteiger partial charge in [-0.25, -0.2) is 4.79 Å². The summed E-state index contributed by atoms with van der Waals surface area (Å²) in [7, 11) is 0. The van der Waals surface area contributed by atoms with Crippen LogP contribution in [0.2, 0.25) is 4.34 Å². The van der Waals surface area contributed by atoms with Crippen LogP contribution in [0.5, 0.6) is 0 Å². The van der Waals surface area contributed by atoms with Crippen molar-refractivity contribution in [1.29, 1.82) is 0 Å². The van der Waals surface area contributed by atoms with Crippen LogP contribution in [-0.4, -0.2) is 11.1 Å². The van der Waals surface area contributed by atoms with Gasteiger partial charge >= 0.3 is 5.97 Å². The van der Waals surface area contributed by atoms with Crippen molar-refractivity contribution in [2.24, 2.45) is 0 Å². The molecule has 0 spiro atoms. The molecule has 0 amide bonds. The minimum Gasteiger partial charge on any atom is -0.477 e. The predicted molar refractivity (Wildman–Crippen MR) is 63.1 cm³/mol. The van der Waals surface area contributed by atoms with E-state index in [4.69, 9.17) is 16.7 Å². The molecule has 0 saturated carbocycles. The fraction of sp³-hybridized carbons (Fsp3) is 0. The van der Waals surface area contributed by atoms with Gasteiger partial charge in [0.15, 0.2) is 0 Å². The van der Waals surface area contributed by atoms with Gasteiger partial charge in [0.05, 0.1) is 4.91 Å². The molecular formula is C9H7ClO2S2. The molecule has 0 radical (unpaired) electrons. The van der Waals surface area contributed by atoms with Crippen LogP contribution in [0.15, 0.2) is 28.5 Å². The summed E-state index contributed by atoms with van der Waals surface area (Å²) >= 11 is 11.0. The first-order valence-corrected chi connectivity index (χ1v) is 5.35. The highest BCUT2D eigenvalue weighted by molar-refractivity contribution is 7.85. The van der Waals surface area contributed by atoms with Crippen LogP contribution in [0, 0.1) is 0 Å². The van der Waals surface area contributed by atoms with Crippen molar-refractivity contribution < 1.29 is 9.90 Å². The number of hydrogen-bond donors (Lipinski definition) is 2. The third-order valence-corrected chi connectivity index (χ3v) is 2.94. The molecule has 1 heterocycles. The summed E-state index contributed by atoms with van der Waals surface area (Å²) in [6.07, 6.45) is 4.74. The van der Waals surface area contributed by atoms with Crippen molar-refractivity contribution in [2.45, 2.75) is 0 Å². The molecule has 0 unspecified atom stereocenters. The van der Waals surface area contributed by atoms with Gasteiger partial charge in [-0.1, -0.05) is 23.8 Å². The number of thiophene rings is 1. The van der Waals surface area contributed by atoms with Crippen LogP contribution < -0.4 is 0 Å². The fourth-order valence-electron chi connectivity index (χ4n) is 0.736. The fourth-order valence-corrected chi connectivity index (χ4v) is 1.71. The van der Waals surface area contributed by atoms with Gasteiger partial charge in [0.25, 0.3) is 0 Å². The first-order chi connectivity index (χ1) is 6.61. The molecule has 0 aromatic carbocycles. The second-order valence-electron chi connectivity index (χ2n) is 2.37. The highest BCUT2D eigenvalue weighted by Crippen LogP contribution is 2.23. The molecule has 2 nitrogen and oxygen atoms in total. The van der Waals surface area contributed by atoms with Crippen molar-refractivity contribution in [3.8, 4) is 0 Å². The Morgan fingerprint density at radius 3 is 2.86 bits per heavy atom. The number of halogens is 1. The molecule has 1 rings (SSSR count). The van der Waals surface area contributed by atoms with E-state index in [2.05, 4.69) is 12.6 Å². The van der Waals surface area contributed by atoms with E-state index in [1.165, 1.54) is 17.4 Å². The third-order valence-electron chi connectivity index (χ3n) is 1.40. The molecule has 0 aliphatic carbocycles. The van der Waals surface area contributed by atoms with E-state index in [1.54, 1.807) is 12.2 Å². The van der Waals surface area contributed by atoms with E-state index >= 15 is 0 Å². The Morgan fingerprint density at radius 1 is 1.64 bits per heavy atom. The first kappa shape index (κ1) is 11.4. The Kier molecular flexibility index (Phi) is 4.25. The monoisotopic (exact) mass is 246 g/mol. The standard InChI is InChI=1S/C9H7ClO2S2/c10-8-6(4-5-14-8)2-1-3-7(13)9(11)12/h1-5,13H,(H,11,12)/b2-1+,7-3-. The normalized spacial score (nSPS) is 12.3. The van der Waals surface area contributed by atoms with Crippen molar-refractivity contribution in [3.05, 3.63) is 38.4 Å². The number of carboxylic acid groups (broad SMARTS) is 1. The van der Waals surface area contributed by atoms with Gasteiger partial charge < -0.3 is 5.11 Å². The highest BCUT2D eigenvalue weighted by Gasteiger charge is 1.98. The maximum atomic E-state index is 10.4. The van der Waals surface area contributed by atoms with Gasteiger partial charge in [-0.05, 0) is 17.5 Å². The van der Waals surface area contributed by atoms with Crippen molar-refractivity contribution in [3.63, 3.8) is 0 Å². The Balaban J connectivity index is 2.71. The van der Waals surface area contributed by atoms with E-state index in [0.717, 1.165) is 5.56 Å². The average Bonchev–Trinajstić information content (AvgIpc) is 2.51. The van der Waals surface area contributed by atoms with Crippen molar-refractivity contribution in [1.82, 2.24) is 0 Å². The lowest BCUT2D eigenvalue weighted by Crippen LogP contribution is -1.92. The topological polar surface area (TPSA) is 37.3 Å². The van der Waals surface area contributed by atoms with E-state index in [0.29, 0.717) is 4.34 Å². The van der Waals surface area contributed by atoms with E-state index in [-0.39, 0.29) is 4.91 Å². The number of carboxylic acids is 1. The number of rotatable bonds is 3. The lowest BCUT2D eigenvalue weighted by Gasteiger charge is -1.87. The molecule has 14 heavy (non-hydrogen) atoms. The van der Waals surface area contributed by atoms with Crippen LogP contribution in [0.3, 0.4) is 0 Å². The van der Waals surface area contributed by atoms with Crippen LogP contribution in [0.25, 0.3) is 6.08 Å². The minimum atomic E-state index is -1.05. The SMILES string of the molecule is O=C(O)/C(S)=C/C=C/c1ccsc1Cl. The van der Waals surface area contributed by atoms with Gasteiger partial charge in [-0.15, -0.1) is 24.0 Å². The van der Waals surface area contributed by atoms with Crippen LogP contribution >= 0.6 is 35.6 Å². The van der Waals surface area contributed by atoms with E-state index in [1.807, 2.05) is 11.4 Å². The summed E-state index contributed by atoms with van der Waals surface area (Å²) in [4.78, 5) is 10.3. The summed E-state index contributed by atoms with van der Waals surface area (Å²) in [5.41, 5.74) is 0.874. The molecule has 5 heteroatoms. The summed E-state index contributed by atoms with van der Waals surface area (Å²) in [6, 6.07) is 1.86. The zero-order chi connectivity index (χ0) is 10.6. The zero-order valence-corrected chi connectivity index (χ0v) is 9.44. The molecule has 0 aliphatic rings. The van der Waals surface area contributed by atoms with Gasteiger partial charge in [-0.3, -0.25) is 0 Å². The largest absolute Gasteiger partial charge is 0.477 e. The van der Waals surface area contributed by atoms with Crippen LogP contribution in [0.4, 0.5) is 0 Å². The molecule has 0 aliphatic heterocycles. The Morgan fingerprint density at radius 2 is 2.36 bits per heavy atom. The molecule has 0 fully saturated rings. The average molecular weight is 247 g/mol. The molecule has 74 valence electrons. The van der Waals surface area contributed by atoms with Crippen LogP contribution in [-0.2, 0) is 4.79 Å². The Labute approximate surface area is 95.9 Å². The Hall–Kier alpha value is -0.710. The second-order valence-corrected chi connectivity index (χ2v) is 4.37. The van der Waals surface area contributed by atoms with Crippen molar-refractivity contribution in [2.75, 3.05) is 0 Å². The second kappa shape index (κ2) is 5.24. The third kappa shape index (κ3) is 3.21.